The molecule has 21 heavy (non-hydrogen) atoms. The molecular weight excluding hydrogens is 306 g/mol. The minimum absolute atomic E-state index is 0.215. The number of aromatic nitrogens is 2. The second-order valence-electron chi connectivity index (χ2n) is 5.46. The van der Waals surface area contributed by atoms with Crippen LogP contribution < -0.4 is 4.90 Å². The van der Waals surface area contributed by atoms with Gasteiger partial charge in [0, 0.05) is 24.1 Å². The van der Waals surface area contributed by atoms with Crippen molar-refractivity contribution in [2.75, 3.05) is 18.1 Å². The second kappa shape index (κ2) is 6.46. The number of piperidine rings is 1. The molecule has 1 fully saturated rings. The molecule has 0 aromatic carbocycles. The number of thiophene rings is 1. The van der Waals surface area contributed by atoms with Gasteiger partial charge in [0.25, 0.3) is 0 Å². The van der Waals surface area contributed by atoms with E-state index in [0.29, 0.717) is 11.3 Å². The predicted molar refractivity (Wildman–Crippen MR) is 88.5 cm³/mol. The fraction of sp³-hybridized carbons (Fsp3) is 0.600. The van der Waals surface area contributed by atoms with Gasteiger partial charge < -0.3 is 10.0 Å². The van der Waals surface area contributed by atoms with Crippen LogP contribution in [0.1, 0.15) is 37.5 Å². The van der Waals surface area contributed by atoms with Crippen molar-refractivity contribution in [3.05, 3.63) is 16.2 Å². The van der Waals surface area contributed by atoms with Gasteiger partial charge in [-0.2, -0.15) is 4.98 Å². The minimum Gasteiger partial charge on any atom is -0.396 e. The molecule has 0 bridgehead atoms. The Balaban J connectivity index is 2.06. The molecule has 1 atom stereocenters. The van der Waals surface area contributed by atoms with E-state index in [0.717, 1.165) is 48.3 Å². The lowest BCUT2D eigenvalue weighted by atomic mass is 9.99. The van der Waals surface area contributed by atoms with Gasteiger partial charge in [-0.05, 0) is 49.8 Å². The molecule has 0 saturated carbocycles. The van der Waals surface area contributed by atoms with Gasteiger partial charge in [-0.15, -0.1) is 11.3 Å². The third-order valence-electron chi connectivity index (χ3n) is 4.11. The molecule has 0 aliphatic carbocycles. The minimum atomic E-state index is 0.215. The van der Waals surface area contributed by atoms with E-state index >= 15 is 0 Å². The summed E-state index contributed by atoms with van der Waals surface area (Å²) in [5.41, 5.74) is 0. The zero-order valence-corrected chi connectivity index (χ0v) is 13.8. The Kier molecular flexibility index (Phi) is 4.62. The predicted octanol–water partition coefficient (Wildman–Crippen LogP) is 3.65. The van der Waals surface area contributed by atoms with Crippen LogP contribution in [-0.2, 0) is 6.42 Å². The number of rotatable bonds is 4. The first-order valence-corrected chi connectivity index (χ1v) is 8.75. The third kappa shape index (κ3) is 3.00. The van der Waals surface area contributed by atoms with Crippen LogP contribution in [-0.4, -0.2) is 34.3 Å². The Morgan fingerprint density at radius 2 is 2.29 bits per heavy atom. The monoisotopic (exact) mass is 325 g/mol. The van der Waals surface area contributed by atoms with Gasteiger partial charge in [0.05, 0.1) is 5.39 Å². The van der Waals surface area contributed by atoms with Gasteiger partial charge >= 0.3 is 0 Å². The lowest BCUT2D eigenvalue weighted by Gasteiger charge is -2.36. The number of aryl methyl sites for hydroxylation is 1. The number of halogens is 1. The molecule has 1 saturated heterocycles. The summed E-state index contributed by atoms with van der Waals surface area (Å²) >= 11 is 7.82. The Morgan fingerprint density at radius 1 is 1.43 bits per heavy atom. The van der Waals surface area contributed by atoms with Crippen molar-refractivity contribution in [1.29, 1.82) is 0 Å². The van der Waals surface area contributed by atoms with E-state index in [2.05, 4.69) is 27.9 Å². The van der Waals surface area contributed by atoms with E-state index in [1.54, 1.807) is 11.3 Å². The Labute approximate surface area is 133 Å². The summed E-state index contributed by atoms with van der Waals surface area (Å²) in [7, 11) is 0. The van der Waals surface area contributed by atoms with Crippen molar-refractivity contribution in [2.24, 2.45) is 0 Å². The molecule has 1 aliphatic rings. The maximum Gasteiger partial charge on any atom is 0.225 e. The molecule has 0 amide bonds. The first kappa shape index (κ1) is 15.0. The van der Waals surface area contributed by atoms with E-state index in [1.165, 1.54) is 11.3 Å². The highest BCUT2D eigenvalue weighted by atomic mass is 35.5. The average molecular weight is 326 g/mol. The van der Waals surface area contributed by atoms with Crippen LogP contribution in [0.4, 0.5) is 5.82 Å². The van der Waals surface area contributed by atoms with Gasteiger partial charge in [0.2, 0.25) is 5.28 Å². The van der Waals surface area contributed by atoms with E-state index in [1.807, 2.05) is 0 Å². The standard InChI is InChI=1S/C15H20ClN3OS/c1-2-11-9-12-13(17-15(16)18-14(12)21-11)19-7-4-3-5-10(19)6-8-20/h9-10,20H,2-8H2,1H3. The summed E-state index contributed by atoms with van der Waals surface area (Å²) < 4.78 is 0. The van der Waals surface area contributed by atoms with Crippen molar-refractivity contribution >= 4 is 39.0 Å². The van der Waals surface area contributed by atoms with Crippen LogP contribution in [0.15, 0.2) is 6.07 Å². The van der Waals surface area contributed by atoms with Crippen molar-refractivity contribution < 1.29 is 5.11 Å². The third-order valence-corrected chi connectivity index (χ3v) is 5.45. The molecule has 4 nitrogen and oxygen atoms in total. The van der Waals surface area contributed by atoms with Gasteiger partial charge in [-0.25, -0.2) is 4.98 Å². The summed E-state index contributed by atoms with van der Waals surface area (Å²) in [6, 6.07) is 2.54. The number of anilines is 1. The topological polar surface area (TPSA) is 49.2 Å². The Hall–Kier alpha value is -0.910. The first-order chi connectivity index (χ1) is 10.2. The molecular formula is C15H20ClN3OS. The van der Waals surface area contributed by atoms with Crippen molar-refractivity contribution in [3.63, 3.8) is 0 Å². The number of aliphatic hydroxyl groups excluding tert-OH is 1. The van der Waals surface area contributed by atoms with Crippen LogP contribution in [0.2, 0.25) is 5.28 Å². The summed E-state index contributed by atoms with van der Waals surface area (Å²) in [5, 5.41) is 10.7. The maximum absolute atomic E-state index is 9.31. The number of hydrogen-bond donors (Lipinski definition) is 1. The SMILES string of the molecule is CCc1cc2c(N3CCCCC3CCO)nc(Cl)nc2s1. The Morgan fingerprint density at radius 3 is 3.05 bits per heavy atom. The normalized spacial score (nSPS) is 19.4. The highest BCUT2D eigenvalue weighted by Gasteiger charge is 2.26. The van der Waals surface area contributed by atoms with Crippen LogP contribution >= 0.6 is 22.9 Å². The second-order valence-corrected chi connectivity index (χ2v) is 6.91. The molecule has 2 aromatic heterocycles. The lowest BCUT2D eigenvalue weighted by molar-refractivity contribution is 0.262. The highest BCUT2D eigenvalue weighted by Crippen LogP contribution is 2.35. The molecule has 0 radical (unpaired) electrons. The molecule has 114 valence electrons. The smallest absolute Gasteiger partial charge is 0.225 e. The van der Waals surface area contributed by atoms with Crippen LogP contribution in [0.5, 0.6) is 0 Å². The van der Waals surface area contributed by atoms with Gasteiger partial charge in [0.15, 0.2) is 0 Å². The molecule has 3 rings (SSSR count). The molecule has 3 heterocycles. The zero-order valence-electron chi connectivity index (χ0n) is 12.2. The molecule has 2 aromatic rings. The fourth-order valence-corrected chi connectivity index (χ4v) is 4.23. The van der Waals surface area contributed by atoms with Crippen molar-refractivity contribution in [1.82, 2.24) is 9.97 Å². The maximum atomic E-state index is 9.31. The molecule has 1 N–H and O–H groups in total. The average Bonchev–Trinajstić information content (AvgIpc) is 2.90. The van der Waals surface area contributed by atoms with Crippen LogP contribution in [0.25, 0.3) is 10.2 Å². The summed E-state index contributed by atoms with van der Waals surface area (Å²) in [6.45, 7) is 3.34. The van der Waals surface area contributed by atoms with Gasteiger partial charge in [-0.1, -0.05) is 6.92 Å². The Bertz CT molecular complexity index is 629. The molecule has 1 unspecified atom stereocenters. The number of aliphatic hydroxyl groups is 1. The summed E-state index contributed by atoms with van der Waals surface area (Å²) in [6.07, 6.45) is 5.27. The lowest BCUT2D eigenvalue weighted by Crippen LogP contribution is -2.40. The van der Waals surface area contributed by atoms with Gasteiger partial charge in [0.1, 0.15) is 10.6 Å². The van der Waals surface area contributed by atoms with Crippen LogP contribution in [0.3, 0.4) is 0 Å². The summed E-state index contributed by atoms with van der Waals surface area (Å²) in [4.78, 5) is 13.5. The number of hydrogen-bond acceptors (Lipinski definition) is 5. The van der Waals surface area contributed by atoms with Crippen molar-refractivity contribution in [2.45, 2.75) is 45.1 Å². The molecule has 0 spiro atoms. The fourth-order valence-electron chi connectivity index (χ4n) is 3.05. The van der Waals surface area contributed by atoms with Crippen LogP contribution in [0, 0.1) is 0 Å². The molecule has 1 aliphatic heterocycles. The summed E-state index contributed by atoms with van der Waals surface area (Å²) in [5.74, 6) is 0.944. The highest BCUT2D eigenvalue weighted by molar-refractivity contribution is 7.18. The van der Waals surface area contributed by atoms with E-state index in [9.17, 15) is 5.11 Å². The van der Waals surface area contributed by atoms with Gasteiger partial charge in [-0.3, -0.25) is 0 Å². The number of fused-ring (bicyclic) bond motifs is 1. The number of nitrogens with zero attached hydrogens (tertiary/aromatic N) is 3. The molecule has 6 heteroatoms. The van der Waals surface area contributed by atoms with Crippen molar-refractivity contribution in [3.8, 4) is 0 Å². The first-order valence-electron chi connectivity index (χ1n) is 7.56. The van der Waals surface area contributed by atoms with E-state index < -0.39 is 0 Å². The van der Waals surface area contributed by atoms with E-state index in [4.69, 9.17) is 11.6 Å². The van der Waals surface area contributed by atoms with E-state index in [-0.39, 0.29) is 6.61 Å². The quantitative estimate of drug-likeness (QED) is 0.872. The largest absolute Gasteiger partial charge is 0.396 e. The zero-order chi connectivity index (χ0) is 14.8.